The van der Waals surface area contributed by atoms with Crippen LogP contribution in [0.1, 0.15) is 17.3 Å². The average Bonchev–Trinajstić information content (AvgIpc) is 2.16. The van der Waals surface area contributed by atoms with Gasteiger partial charge in [0.25, 0.3) is 5.91 Å². The van der Waals surface area contributed by atoms with Crippen LogP contribution in [0.5, 0.6) is 11.5 Å². The van der Waals surface area contributed by atoms with Crippen LogP contribution in [-0.2, 0) is 4.74 Å². The molecule has 88 valence electrons. The van der Waals surface area contributed by atoms with E-state index in [9.17, 15) is 15.0 Å². The molecule has 0 aliphatic carbocycles. The highest BCUT2D eigenvalue weighted by Crippen LogP contribution is 2.20. The molecule has 0 bridgehead atoms. The summed E-state index contributed by atoms with van der Waals surface area (Å²) in [6, 6.07) is 3.60. The van der Waals surface area contributed by atoms with E-state index in [1.807, 2.05) is 0 Å². The molecule has 1 amide bonds. The van der Waals surface area contributed by atoms with E-state index >= 15 is 0 Å². The van der Waals surface area contributed by atoms with E-state index in [1.165, 1.54) is 12.1 Å². The standard InChI is InChI=1S/C11H15NO4/c1-7(6-16-2)12-11(15)8-3-9(13)5-10(14)4-8/h3-5,7,13-14H,6H2,1-2H3,(H,12,15). The lowest BCUT2D eigenvalue weighted by atomic mass is 10.2. The van der Waals surface area contributed by atoms with Crippen LogP contribution in [0.15, 0.2) is 18.2 Å². The number of rotatable bonds is 4. The van der Waals surface area contributed by atoms with Crippen molar-refractivity contribution in [3.05, 3.63) is 23.8 Å². The first-order valence-electron chi connectivity index (χ1n) is 4.85. The molecule has 5 heteroatoms. The highest BCUT2D eigenvalue weighted by molar-refractivity contribution is 5.95. The Morgan fingerprint density at radius 3 is 2.44 bits per heavy atom. The number of carbonyl (C=O) groups is 1. The molecule has 0 fully saturated rings. The van der Waals surface area contributed by atoms with Crippen LogP contribution in [-0.4, -0.2) is 35.9 Å². The molecule has 0 aromatic heterocycles. The maximum atomic E-state index is 11.6. The van der Waals surface area contributed by atoms with E-state index in [4.69, 9.17) is 4.74 Å². The number of hydrogen-bond donors (Lipinski definition) is 3. The molecule has 0 saturated carbocycles. The van der Waals surface area contributed by atoms with Gasteiger partial charge in [-0.3, -0.25) is 4.79 Å². The van der Waals surface area contributed by atoms with Gasteiger partial charge in [0.2, 0.25) is 0 Å². The number of phenolic OH excluding ortho intramolecular Hbond substituents is 2. The Hall–Kier alpha value is -1.75. The van der Waals surface area contributed by atoms with Gasteiger partial charge in [-0.2, -0.15) is 0 Å². The second-order valence-corrected chi connectivity index (χ2v) is 3.57. The van der Waals surface area contributed by atoms with Crippen LogP contribution in [0.3, 0.4) is 0 Å². The summed E-state index contributed by atoms with van der Waals surface area (Å²) >= 11 is 0. The van der Waals surface area contributed by atoms with Crippen molar-refractivity contribution in [2.75, 3.05) is 13.7 Å². The number of ether oxygens (including phenoxy) is 1. The van der Waals surface area contributed by atoms with Gasteiger partial charge in [-0.15, -0.1) is 0 Å². The zero-order valence-electron chi connectivity index (χ0n) is 9.23. The minimum absolute atomic E-state index is 0.137. The fourth-order valence-corrected chi connectivity index (χ4v) is 1.33. The fraction of sp³-hybridized carbons (Fsp3) is 0.364. The number of nitrogens with one attached hydrogen (secondary N) is 1. The summed E-state index contributed by atoms with van der Waals surface area (Å²) in [6.07, 6.45) is 0. The molecule has 0 heterocycles. The molecule has 1 aromatic rings. The maximum absolute atomic E-state index is 11.6. The Morgan fingerprint density at radius 1 is 1.38 bits per heavy atom. The minimum Gasteiger partial charge on any atom is -0.508 e. The van der Waals surface area contributed by atoms with Crippen LogP contribution in [0.25, 0.3) is 0 Å². The Labute approximate surface area is 93.7 Å². The number of benzene rings is 1. The number of hydrogen-bond acceptors (Lipinski definition) is 4. The van der Waals surface area contributed by atoms with E-state index in [1.54, 1.807) is 14.0 Å². The van der Waals surface area contributed by atoms with Gasteiger partial charge in [-0.25, -0.2) is 0 Å². The monoisotopic (exact) mass is 225 g/mol. The van der Waals surface area contributed by atoms with Gasteiger partial charge in [-0.1, -0.05) is 0 Å². The molecular weight excluding hydrogens is 210 g/mol. The van der Waals surface area contributed by atoms with Crippen LogP contribution >= 0.6 is 0 Å². The summed E-state index contributed by atoms with van der Waals surface area (Å²) in [4.78, 5) is 11.6. The summed E-state index contributed by atoms with van der Waals surface area (Å²) in [5.41, 5.74) is 0.209. The van der Waals surface area contributed by atoms with Gasteiger partial charge < -0.3 is 20.3 Å². The second-order valence-electron chi connectivity index (χ2n) is 3.57. The van der Waals surface area contributed by atoms with Crippen LogP contribution < -0.4 is 5.32 Å². The molecule has 16 heavy (non-hydrogen) atoms. The fourth-order valence-electron chi connectivity index (χ4n) is 1.33. The zero-order chi connectivity index (χ0) is 12.1. The van der Waals surface area contributed by atoms with E-state index in [-0.39, 0.29) is 29.0 Å². The van der Waals surface area contributed by atoms with Gasteiger partial charge in [-0.05, 0) is 19.1 Å². The Kier molecular flexibility index (Phi) is 4.13. The third-order valence-corrected chi connectivity index (χ3v) is 1.96. The molecule has 1 unspecified atom stereocenters. The molecule has 3 N–H and O–H groups in total. The van der Waals surface area contributed by atoms with Gasteiger partial charge in [0.05, 0.1) is 6.61 Å². The van der Waals surface area contributed by atoms with Gasteiger partial charge >= 0.3 is 0 Å². The van der Waals surface area contributed by atoms with Gasteiger partial charge in [0, 0.05) is 24.8 Å². The lowest BCUT2D eigenvalue weighted by molar-refractivity contribution is 0.0905. The molecule has 1 atom stereocenters. The molecule has 5 nitrogen and oxygen atoms in total. The Balaban J connectivity index is 2.72. The molecule has 0 saturated heterocycles. The minimum atomic E-state index is -0.365. The van der Waals surface area contributed by atoms with Crippen molar-refractivity contribution in [1.29, 1.82) is 0 Å². The van der Waals surface area contributed by atoms with Crippen LogP contribution in [0.2, 0.25) is 0 Å². The van der Waals surface area contributed by atoms with Crippen molar-refractivity contribution < 1.29 is 19.7 Å². The van der Waals surface area contributed by atoms with Gasteiger partial charge in [0.15, 0.2) is 0 Å². The summed E-state index contributed by atoms with van der Waals surface area (Å²) in [7, 11) is 1.54. The topological polar surface area (TPSA) is 78.8 Å². The van der Waals surface area contributed by atoms with E-state index < -0.39 is 0 Å². The zero-order valence-corrected chi connectivity index (χ0v) is 9.23. The Morgan fingerprint density at radius 2 is 1.94 bits per heavy atom. The molecule has 0 spiro atoms. The predicted octanol–water partition coefficient (Wildman–Crippen LogP) is 0.862. The number of phenols is 2. The second kappa shape index (κ2) is 5.37. The molecular formula is C11H15NO4. The molecule has 1 rings (SSSR count). The first kappa shape index (κ1) is 12.3. The number of methoxy groups -OCH3 is 1. The first-order valence-corrected chi connectivity index (χ1v) is 4.85. The Bertz CT molecular complexity index is 358. The summed E-state index contributed by atoms with van der Waals surface area (Å²) in [5.74, 6) is -0.662. The largest absolute Gasteiger partial charge is 0.508 e. The van der Waals surface area contributed by atoms with E-state index in [0.29, 0.717) is 6.61 Å². The van der Waals surface area contributed by atoms with Crippen molar-refractivity contribution in [1.82, 2.24) is 5.32 Å². The summed E-state index contributed by atoms with van der Waals surface area (Å²) in [6.45, 7) is 2.20. The van der Waals surface area contributed by atoms with E-state index in [2.05, 4.69) is 5.32 Å². The maximum Gasteiger partial charge on any atom is 0.251 e. The van der Waals surface area contributed by atoms with Gasteiger partial charge in [0.1, 0.15) is 11.5 Å². The van der Waals surface area contributed by atoms with Crippen molar-refractivity contribution in [2.45, 2.75) is 13.0 Å². The molecule has 0 aliphatic heterocycles. The van der Waals surface area contributed by atoms with Crippen molar-refractivity contribution in [2.24, 2.45) is 0 Å². The predicted molar refractivity (Wildman–Crippen MR) is 58.6 cm³/mol. The van der Waals surface area contributed by atoms with Crippen LogP contribution in [0.4, 0.5) is 0 Å². The number of carbonyl (C=O) groups excluding carboxylic acids is 1. The quantitative estimate of drug-likeness (QED) is 0.710. The SMILES string of the molecule is COCC(C)NC(=O)c1cc(O)cc(O)c1. The third-order valence-electron chi connectivity index (χ3n) is 1.96. The molecule has 0 radical (unpaired) electrons. The highest BCUT2D eigenvalue weighted by atomic mass is 16.5. The summed E-state index contributed by atoms with van der Waals surface area (Å²) in [5, 5.41) is 21.1. The van der Waals surface area contributed by atoms with Crippen molar-refractivity contribution in [3.8, 4) is 11.5 Å². The normalized spacial score (nSPS) is 12.1. The molecule has 0 aliphatic rings. The lowest BCUT2D eigenvalue weighted by Crippen LogP contribution is -2.35. The average molecular weight is 225 g/mol. The van der Waals surface area contributed by atoms with E-state index in [0.717, 1.165) is 6.07 Å². The van der Waals surface area contributed by atoms with Crippen LogP contribution in [0, 0.1) is 0 Å². The lowest BCUT2D eigenvalue weighted by Gasteiger charge is -2.12. The first-order chi connectivity index (χ1) is 7.52. The molecule has 1 aromatic carbocycles. The number of amides is 1. The van der Waals surface area contributed by atoms with Crippen molar-refractivity contribution >= 4 is 5.91 Å². The van der Waals surface area contributed by atoms with Crippen molar-refractivity contribution in [3.63, 3.8) is 0 Å². The number of aromatic hydroxyl groups is 2. The highest BCUT2D eigenvalue weighted by Gasteiger charge is 2.11. The third kappa shape index (κ3) is 3.43. The summed E-state index contributed by atoms with van der Waals surface area (Å²) < 4.78 is 4.87. The smallest absolute Gasteiger partial charge is 0.251 e.